The van der Waals surface area contributed by atoms with E-state index in [4.69, 9.17) is 9.47 Å². The van der Waals surface area contributed by atoms with Gasteiger partial charge < -0.3 is 19.9 Å². The number of carboxylic acids is 1. The van der Waals surface area contributed by atoms with Crippen LogP contribution < -0.4 is 10.1 Å². The number of ether oxygens (including phenoxy) is 2. The predicted octanol–water partition coefficient (Wildman–Crippen LogP) is 2.70. The Morgan fingerprint density at radius 3 is 2.74 bits per heavy atom. The molecule has 1 fully saturated rings. The standard InChI is InChI=1S/C17H21NO5/c1-17(2,3)23-16(21)18-13-8-11(13)12-7-10(15(19)20)6-9-4-5-22-14(9)12/h6-7,11,13H,4-5,8H2,1-3H3,(H,18,21)(H,19,20)/t11?,13-/m1/s1. The van der Waals surface area contributed by atoms with Crippen molar-refractivity contribution in [2.45, 2.75) is 51.2 Å². The van der Waals surface area contributed by atoms with Gasteiger partial charge in [0.05, 0.1) is 12.2 Å². The molecule has 0 spiro atoms. The number of aromatic carboxylic acids is 1. The zero-order chi connectivity index (χ0) is 16.8. The molecule has 0 saturated heterocycles. The molecule has 1 saturated carbocycles. The van der Waals surface area contributed by atoms with Crippen molar-refractivity contribution in [2.24, 2.45) is 0 Å². The van der Waals surface area contributed by atoms with E-state index in [0.717, 1.165) is 29.7 Å². The smallest absolute Gasteiger partial charge is 0.407 e. The molecule has 3 rings (SSSR count). The maximum atomic E-state index is 11.8. The summed E-state index contributed by atoms with van der Waals surface area (Å²) in [6, 6.07) is 3.29. The van der Waals surface area contributed by atoms with Crippen LogP contribution in [0.25, 0.3) is 0 Å². The molecular weight excluding hydrogens is 298 g/mol. The molecule has 0 radical (unpaired) electrons. The van der Waals surface area contributed by atoms with E-state index >= 15 is 0 Å². The summed E-state index contributed by atoms with van der Waals surface area (Å²) in [5, 5.41) is 12.1. The van der Waals surface area contributed by atoms with Gasteiger partial charge in [-0.15, -0.1) is 0 Å². The van der Waals surface area contributed by atoms with Crippen molar-refractivity contribution in [3.05, 3.63) is 28.8 Å². The molecule has 23 heavy (non-hydrogen) atoms. The zero-order valence-corrected chi connectivity index (χ0v) is 13.5. The summed E-state index contributed by atoms with van der Waals surface area (Å²) in [7, 11) is 0. The van der Waals surface area contributed by atoms with Crippen LogP contribution in [0.3, 0.4) is 0 Å². The van der Waals surface area contributed by atoms with E-state index in [-0.39, 0.29) is 17.5 Å². The average Bonchev–Trinajstić information content (AvgIpc) is 2.99. The van der Waals surface area contributed by atoms with Gasteiger partial charge in [0.2, 0.25) is 0 Å². The fourth-order valence-corrected chi connectivity index (χ4v) is 2.89. The molecule has 1 aromatic rings. The second kappa shape index (κ2) is 5.44. The summed E-state index contributed by atoms with van der Waals surface area (Å²) in [5.41, 5.74) is 1.54. The van der Waals surface area contributed by atoms with Crippen molar-refractivity contribution in [3.8, 4) is 5.75 Å². The molecular formula is C17H21NO5. The second-order valence-corrected chi connectivity index (χ2v) is 7.05. The van der Waals surface area contributed by atoms with Gasteiger partial charge in [-0.05, 0) is 44.9 Å². The van der Waals surface area contributed by atoms with Gasteiger partial charge in [-0.3, -0.25) is 0 Å². The lowest BCUT2D eigenvalue weighted by Gasteiger charge is -2.19. The number of carboxylic acid groups (broad SMARTS) is 1. The van der Waals surface area contributed by atoms with Gasteiger partial charge >= 0.3 is 12.1 Å². The van der Waals surface area contributed by atoms with Gasteiger partial charge in [0.25, 0.3) is 0 Å². The van der Waals surface area contributed by atoms with Gasteiger partial charge in [0.1, 0.15) is 11.4 Å². The van der Waals surface area contributed by atoms with E-state index < -0.39 is 17.7 Å². The zero-order valence-electron chi connectivity index (χ0n) is 13.5. The van der Waals surface area contributed by atoms with E-state index in [2.05, 4.69) is 5.32 Å². The van der Waals surface area contributed by atoms with Crippen LogP contribution in [0, 0.1) is 0 Å². The highest BCUT2D eigenvalue weighted by molar-refractivity contribution is 5.88. The number of hydrogen-bond donors (Lipinski definition) is 2. The molecule has 0 aromatic heterocycles. The van der Waals surface area contributed by atoms with Crippen molar-refractivity contribution in [3.63, 3.8) is 0 Å². The molecule has 1 aliphatic carbocycles. The Bertz CT molecular complexity index is 662. The average molecular weight is 319 g/mol. The lowest BCUT2D eigenvalue weighted by atomic mass is 10.00. The van der Waals surface area contributed by atoms with E-state index in [0.29, 0.717) is 6.61 Å². The summed E-state index contributed by atoms with van der Waals surface area (Å²) in [6.45, 7) is 6.01. The minimum atomic E-state index is -0.946. The molecule has 2 aliphatic rings. The van der Waals surface area contributed by atoms with Gasteiger partial charge in [0, 0.05) is 23.9 Å². The number of nitrogens with one attached hydrogen (secondary N) is 1. The lowest BCUT2D eigenvalue weighted by Crippen LogP contribution is -2.34. The number of carbonyl (C=O) groups is 2. The minimum absolute atomic E-state index is 0.0396. The Morgan fingerprint density at radius 2 is 2.09 bits per heavy atom. The van der Waals surface area contributed by atoms with Crippen LogP contribution in [0.2, 0.25) is 0 Å². The fraction of sp³-hybridized carbons (Fsp3) is 0.529. The lowest BCUT2D eigenvalue weighted by molar-refractivity contribution is 0.0522. The van der Waals surface area contributed by atoms with Gasteiger partial charge in [0.15, 0.2) is 0 Å². The first-order valence-electron chi connectivity index (χ1n) is 7.77. The quantitative estimate of drug-likeness (QED) is 0.895. The van der Waals surface area contributed by atoms with E-state index in [9.17, 15) is 14.7 Å². The molecule has 2 atom stereocenters. The summed E-state index contributed by atoms with van der Waals surface area (Å²) in [4.78, 5) is 23.1. The maximum absolute atomic E-state index is 11.8. The van der Waals surface area contributed by atoms with Crippen LogP contribution in [0.4, 0.5) is 4.79 Å². The monoisotopic (exact) mass is 319 g/mol. The molecule has 1 unspecified atom stereocenters. The van der Waals surface area contributed by atoms with Crippen molar-refractivity contribution in [2.75, 3.05) is 6.61 Å². The molecule has 0 bridgehead atoms. The van der Waals surface area contributed by atoms with Gasteiger partial charge in [-0.25, -0.2) is 9.59 Å². The van der Waals surface area contributed by atoms with Crippen LogP contribution in [-0.2, 0) is 11.2 Å². The van der Waals surface area contributed by atoms with Crippen molar-refractivity contribution < 1.29 is 24.2 Å². The maximum Gasteiger partial charge on any atom is 0.407 e. The van der Waals surface area contributed by atoms with E-state index in [1.54, 1.807) is 12.1 Å². The molecule has 1 aromatic carbocycles. The number of benzene rings is 1. The Balaban J connectivity index is 1.74. The van der Waals surface area contributed by atoms with Crippen LogP contribution >= 0.6 is 0 Å². The highest BCUT2D eigenvalue weighted by Gasteiger charge is 2.43. The normalized spacial score (nSPS) is 22.0. The molecule has 6 heteroatoms. The van der Waals surface area contributed by atoms with E-state index in [1.165, 1.54) is 0 Å². The Morgan fingerprint density at radius 1 is 1.35 bits per heavy atom. The molecule has 2 N–H and O–H groups in total. The summed E-state index contributed by atoms with van der Waals surface area (Å²) >= 11 is 0. The van der Waals surface area contributed by atoms with Crippen LogP contribution in [0.1, 0.15) is 54.6 Å². The van der Waals surface area contributed by atoms with Crippen LogP contribution in [0.15, 0.2) is 12.1 Å². The third-order valence-corrected chi connectivity index (χ3v) is 3.95. The number of carbonyl (C=O) groups excluding carboxylic acids is 1. The number of rotatable bonds is 3. The second-order valence-electron chi connectivity index (χ2n) is 7.05. The largest absolute Gasteiger partial charge is 0.493 e. The van der Waals surface area contributed by atoms with Gasteiger partial charge in [-0.2, -0.15) is 0 Å². The first-order chi connectivity index (χ1) is 10.7. The Kier molecular flexibility index (Phi) is 3.70. The number of hydrogen-bond acceptors (Lipinski definition) is 4. The molecule has 1 heterocycles. The summed E-state index contributed by atoms with van der Waals surface area (Å²) < 4.78 is 10.9. The summed E-state index contributed by atoms with van der Waals surface area (Å²) in [5.74, 6) is -0.0830. The SMILES string of the molecule is CC(C)(C)OC(=O)N[C@@H]1CC1c1cc(C(=O)O)cc2c1OCC2. The van der Waals surface area contributed by atoms with Crippen molar-refractivity contribution >= 4 is 12.1 Å². The fourth-order valence-electron chi connectivity index (χ4n) is 2.89. The number of alkyl carbamates (subject to hydrolysis) is 1. The Labute approximate surface area is 134 Å². The molecule has 1 amide bonds. The van der Waals surface area contributed by atoms with Crippen molar-refractivity contribution in [1.29, 1.82) is 0 Å². The Hall–Kier alpha value is -2.24. The minimum Gasteiger partial charge on any atom is -0.493 e. The molecule has 6 nitrogen and oxygen atoms in total. The first-order valence-corrected chi connectivity index (χ1v) is 7.77. The van der Waals surface area contributed by atoms with Crippen molar-refractivity contribution in [1.82, 2.24) is 5.32 Å². The van der Waals surface area contributed by atoms with Crippen LogP contribution in [-0.4, -0.2) is 35.4 Å². The highest BCUT2D eigenvalue weighted by atomic mass is 16.6. The third kappa shape index (κ3) is 3.41. The number of amides is 1. The molecule has 124 valence electrons. The van der Waals surface area contributed by atoms with E-state index in [1.807, 2.05) is 20.8 Å². The van der Waals surface area contributed by atoms with Crippen LogP contribution in [0.5, 0.6) is 5.75 Å². The van der Waals surface area contributed by atoms with Gasteiger partial charge in [-0.1, -0.05) is 0 Å². The molecule has 1 aliphatic heterocycles. The predicted molar refractivity (Wildman–Crippen MR) is 83.1 cm³/mol. The topological polar surface area (TPSA) is 84.9 Å². The highest BCUT2D eigenvalue weighted by Crippen LogP contribution is 2.47. The number of fused-ring (bicyclic) bond motifs is 1. The third-order valence-electron chi connectivity index (χ3n) is 3.95. The first kappa shape index (κ1) is 15.6. The summed E-state index contributed by atoms with van der Waals surface area (Å²) in [6.07, 6.45) is 1.04.